The van der Waals surface area contributed by atoms with Crippen molar-refractivity contribution >= 4 is 17.4 Å². The van der Waals surface area contributed by atoms with Crippen LogP contribution in [0.3, 0.4) is 0 Å². The van der Waals surface area contributed by atoms with Gasteiger partial charge in [0.25, 0.3) is 0 Å². The van der Waals surface area contributed by atoms with Gasteiger partial charge in [-0.05, 0) is 81.7 Å². The molecule has 0 saturated carbocycles. The van der Waals surface area contributed by atoms with Crippen molar-refractivity contribution in [1.82, 2.24) is 9.80 Å². The average Bonchev–Trinajstić information content (AvgIpc) is 2.97. The smallest absolute Gasteiger partial charge is 0.415 e. The number of rotatable bonds is 11. The maximum Gasteiger partial charge on any atom is 0.415 e. The Kier molecular flexibility index (Phi) is 10.0. The van der Waals surface area contributed by atoms with Crippen molar-refractivity contribution in [1.29, 1.82) is 0 Å². The Morgan fingerprint density at radius 1 is 0.953 bits per heavy atom. The molecule has 1 N–H and O–H groups in total. The van der Waals surface area contributed by atoms with E-state index in [0.29, 0.717) is 23.8 Å². The van der Waals surface area contributed by atoms with Gasteiger partial charge in [0.2, 0.25) is 0 Å². The number of amides is 1. The molecule has 0 radical (unpaired) electrons. The molecule has 0 unspecified atom stereocenters. The molecule has 4 rings (SSSR count). The van der Waals surface area contributed by atoms with Gasteiger partial charge in [-0.15, -0.1) is 0 Å². The Bertz CT molecular complexity index is 1500. The number of allylic oxidation sites excluding steroid dienone is 1. The first kappa shape index (κ1) is 31.9. The summed E-state index contributed by atoms with van der Waals surface area (Å²) in [6, 6.07) is 14.1. The zero-order chi connectivity index (χ0) is 31.3. The van der Waals surface area contributed by atoms with E-state index in [4.69, 9.17) is 14.2 Å². The second-order valence-corrected chi connectivity index (χ2v) is 11.6. The maximum absolute atomic E-state index is 14.1. The normalized spacial score (nSPS) is 13.6. The summed E-state index contributed by atoms with van der Waals surface area (Å²) in [5.74, 6) is 1.10. The summed E-state index contributed by atoms with van der Waals surface area (Å²) in [6.45, 7) is 15.9. The monoisotopic (exact) mass is 589 g/mol. The first-order valence-corrected chi connectivity index (χ1v) is 14.8. The van der Waals surface area contributed by atoms with Gasteiger partial charge in [-0.2, -0.15) is 0 Å². The van der Waals surface area contributed by atoms with E-state index in [1.807, 2.05) is 19.1 Å². The van der Waals surface area contributed by atoms with E-state index >= 15 is 0 Å². The maximum atomic E-state index is 14.1. The van der Waals surface area contributed by atoms with Crippen LogP contribution in [0.15, 0.2) is 54.6 Å². The highest BCUT2D eigenvalue weighted by atomic mass is 19.1. The Morgan fingerprint density at radius 2 is 1.67 bits per heavy atom. The highest BCUT2D eigenvalue weighted by Crippen LogP contribution is 2.43. The van der Waals surface area contributed by atoms with Crippen LogP contribution in [0.5, 0.6) is 17.2 Å². The molecule has 3 aromatic carbocycles. The van der Waals surface area contributed by atoms with Crippen LogP contribution < -0.4 is 19.5 Å². The third kappa shape index (κ3) is 7.49. The lowest BCUT2D eigenvalue weighted by Crippen LogP contribution is -2.37. The lowest BCUT2D eigenvalue weighted by Gasteiger charge is -2.33. The predicted octanol–water partition coefficient (Wildman–Crippen LogP) is 7.77. The highest BCUT2D eigenvalue weighted by Gasteiger charge is 2.27. The number of hydrogen-bond donors (Lipinski definition) is 1. The summed E-state index contributed by atoms with van der Waals surface area (Å²) in [5, 5.41) is 3.61. The molecular formula is C35H44FN3O4. The van der Waals surface area contributed by atoms with Gasteiger partial charge in [0.05, 0.1) is 12.6 Å². The standard InChI is InChI=1S/C35H44FN3O4/c1-9-39(10-2)18-17-38(7)34(40)43-26-13-14-28(32(20-26)41-8)27-15-16-30-33(24(4)21-35(5,6)37-30)29(27)22-42-31-19-25(36)12-11-23(31)3/h11-16,19-21,37H,9-10,17-18,22H2,1-8H3. The molecule has 3 aromatic rings. The number of nitrogens with one attached hydrogen (secondary N) is 1. The summed E-state index contributed by atoms with van der Waals surface area (Å²) in [7, 11) is 3.34. The van der Waals surface area contributed by atoms with Crippen molar-refractivity contribution in [3.63, 3.8) is 0 Å². The average molecular weight is 590 g/mol. The minimum absolute atomic E-state index is 0.211. The number of aryl methyl sites for hydroxylation is 1. The van der Waals surface area contributed by atoms with E-state index in [-0.39, 0.29) is 18.0 Å². The summed E-state index contributed by atoms with van der Waals surface area (Å²) < 4.78 is 31.8. The van der Waals surface area contributed by atoms with Crippen LogP contribution in [-0.2, 0) is 6.61 Å². The highest BCUT2D eigenvalue weighted by molar-refractivity contribution is 5.88. The number of fused-ring (bicyclic) bond motifs is 1. The zero-order valence-electron chi connectivity index (χ0n) is 26.6. The number of halogens is 1. The van der Waals surface area contributed by atoms with Gasteiger partial charge in [0.1, 0.15) is 29.7 Å². The number of carbonyl (C=O) groups is 1. The Morgan fingerprint density at radius 3 is 2.37 bits per heavy atom. The van der Waals surface area contributed by atoms with Crippen LogP contribution in [0.25, 0.3) is 16.7 Å². The molecule has 1 aliphatic heterocycles. The van der Waals surface area contributed by atoms with Crippen LogP contribution in [0, 0.1) is 12.7 Å². The van der Waals surface area contributed by atoms with Crippen molar-refractivity contribution in [2.75, 3.05) is 45.7 Å². The summed E-state index contributed by atoms with van der Waals surface area (Å²) in [5.41, 5.74) is 6.48. The fraction of sp³-hybridized carbons (Fsp3) is 0.400. The van der Waals surface area contributed by atoms with E-state index in [1.54, 1.807) is 37.3 Å². The largest absolute Gasteiger partial charge is 0.496 e. The molecule has 0 fully saturated rings. The van der Waals surface area contributed by atoms with Gasteiger partial charge in [0.15, 0.2) is 0 Å². The molecule has 230 valence electrons. The molecular weight excluding hydrogens is 545 g/mol. The molecule has 0 atom stereocenters. The lowest BCUT2D eigenvalue weighted by molar-refractivity contribution is 0.155. The first-order chi connectivity index (χ1) is 20.5. The van der Waals surface area contributed by atoms with Crippen LogP contribution in [-0.4, -0.2) is 61.8 Å². The summed E-state index contributed by atoms with van der Waals surface area (Å²) in [6.07, 6.45) is 1.77. The number of nitrogens with zero attached hydrogens (tertiary/aromatic N) is 2. The Hall–Kier alpha value is -4.04. The number of anilines is 1. The predicted molar refractivity (Wildman–Crippen MR) is 172 cm³/mol. The van der Waals surface area contributed by atoms with Gasteiger partial charge in [-0.3, -0.25) is 0 Å². The molecule has 1 amide bonds. The van der Waals surface area contributed by atoms with Crippen molar-refractivity contribution in [2.24, 2.45) is 0 Å². The van der Waals surface area contributed by atoms with Crippen LogP contribution in [0.4, 0.5) is 14.9 Å². The minimum Gasteiger partial charge on any atom is -0.496 e. The van der Waals surface area contributed by atoms with Crippen LogP contribution in [0.1, 0.15) is 51.3 Å². The third-order valence-electron chi connectivity index (χ3n) is 7.89. The molecule has 0 aromatic heterocycles. The minimum atomic E-state index is -0.426. The topological polar surface area (TPSA) is 63.3 Å². The van der Waals surface area contributed by atoms with E-state index in [2.05, 4.69) is 57.0 Å². The molecule has 43 heavy (non-hydrogen) atoms. The van der Waals surface area contributed by atoms with Crippen LogP contribution >= 0.6 is 0 Å². The number of benzene rings is 3. The summed E-state index contributed by atoms with van der Waals surface area (Å²) in [4.78, 5) is 16.7. The van der Waals surface area contributed by atoms with Crippen molar-refractivity contribution < 1.29 is 23.4 Å². The second kappa shape index (κ2) is 13.5. The quantitative estimate of drug-likeness (QED) is 0.247. The molecule has 1 heterocycles. The van der Waals surface area contributed by atoms with Gasteiger partial charge < -0.3 is 29.3 Å². The molecule has 1 aliphatic rings. The van der Waals surface area contributed by atoms with Gasteiger partial charge >= 0.3 is 6.09 Å². The Balaban J connectivity index is 1.68. The van der Waals surface area contributed by atoms with E-state index in [0.717, 1.165) is 58.7 Å². The number of carbonyl (C=O) groups excluding carboxylic acids is 1. The molecule has 0 aliphatic carbocycles. The Labute approximate surface area is 255 Å². The number of methoxy groups -OCH3 is 1. The lowest BCUT2D eigenvalue weighted by atomic mass is 9.85. The van der Waals surface area contributed by atoms with Gasteiger partial charge in [-0.1, -0.05) is 32.1 Å². The van der Waals surface area contributed by atoms with Gasteiger partial charge in [0, 0.05) is 54.6 Å². The number of hydrogen-bond acceptors (Lipinski definition) is 6. The fourth-order valence-electron chi connectivity index (χ4n) is 5.54. The van der Waals surface area contributed by atoms with E-state index < -0.39 is 6.09 Å². The summed E-state index contributed by atoms with van der Waals surface area (Å²) >= 11 is 0. The van der Waals surface area contributed by atoms with Crippen molar-refractivity contribution in [2.45, 2.75) is 53.7 Å². The van der Waals surface area contributed by atoms with E-state index in [9.17, 15) is 9.18 Å². The molecule has 7 nitrogen and oxygen atoms in total. The molecule has 0 bridgehead atoms. The van der Waals surface area contributed by atoms with Crippen molar-refractivity contribution in [3.05, 3.63) is 77.1 Å². The fourth-order valence-corrected chi connectivity index (χ4v) is 5.54. The number of likely N-dealkylation sites (N-methyl/N-ethyl adjacent to an activating group) is 2. The molecule has 0 saturated heterocycles. The van der Waals surface area contributed by atoms with Crippen molar-refractivity contribution in [3.8, 4) is 28.4 Å². The van der Waals surface area contributed by atoms with Crippen LogP contribution in [0.2, 0.25) is 0 Å². The molecule has 0 spiro atoms. The first-order valence-electron chi connectivity index (χ1n) is 14.8. The SMILES string of the molecule is CCN(CC)CCN(C)C(=O)Oc1ccc(-c2ccc3c(c2COc2cc(F)ccc2C)C(C)=CC(C)(C)N3)c(OC)c1. The van der Waals surface area contributed by atoms with E-state index in [1.165, 1.54) is 12.1 Å². The zero-order valence-corrected chi connectivity index (χ0v) is 26.6. The third-order valence-corrected chi connectivity index (χ3v) is 7.89. The van der Waals surface area contributed by atoms with Gasteiger partial charge in [-0.25, -0.2) is 9.18 Å². The molecule has 8 heteroatoms. The second-order valence-electron chi connectivity index (χ2n) is 11.6. The number of ether oxygens (including phenoxy) is 3.